The van der Waals surface area contributed by atoms with Crippen LogP contribution in [0.3, 0.4) is 0 Å². The van der Waals surface area contributed by atoms with Crippen LogP contribution in [-0.2, 0) is 9.59 Å². The summed E-state index contributed by atoms with van der Waals surface area (Å²) in [6.07, 6.45) is 0. The largest absolute Gasteiger partial charge is 0.480 e. The van der Waals surface area contributed by atoms with Crippen molar-refractivity contribution >= 4 is 33.7 Å². The lowest BCUT2D eigenvalue weighted by molar-refractivity contribution is -0.142. The fourth-order valence-electron chi connectivity index (χ4n) is 1.11. The highest BCUT2D eigenvalue weighted by Crippen LogP contribution is 2.13. The van der Waals surface area contributed by atoms with Crippen molar-refractivity contribution < 1.29 is 29.0 Å². The lowest BCUT2D eigenvalue weighted by atomic mass is 10.3. The Hall–Kier alpha value is -1.87. The maximum atomic E-state index is 11.5. The third kappa shape index (κ3) is 4.72. The second kappa shape index (κ2) is 6.90. The van der Waals surface area contributed by atoms with E-state index in [1.807, 2.05) is 5.32 Å². The van der Waals surface area contributed by atoms with Gasteiger partial charge in [0.15, 0.2) is 10.4 Å². The highest BCUT2D eigenvalue weighted by Gasteiger charge is 2.19. The smallest absolute Gasteiger partial charge is 0.328 e. The van der Waals surface area contributed by atoms with Crippen LogP contribution in [0.1, 0.15) is 10.6 Å². The van der Waals surface area contributed by atoms with Gasteiger partial charge in [0.25, 0.3) is 5.91 Å². The summed E-state index contributed by atoms with van der Waals surface area (Å²) in [6.45, 7) is -1.17. The van der Waals surface area contributed by atoms with Crippen LogP contribution in [0.4, 0.5) is 0 Å². The van der Waals surface area contributed by atoms with Gasteiger partial charge in [0.05, 0.1) is 13.2 Å². The van der Waals surface area contributed by atoms with Crippen molar-refractivity contribution in [3.63, 3.8) is 0 Å². The topological polar surface area (TPSA) is 129 Å². The Kier molecular flexibility index (Phi) is 5.52. The second-order valence-electron chi connectivity index (χ2n) is 3.43. The van der Waals surface area contributed by atoms with Gasteiger partial charge in [0.1, 0.15) is 6.04 Å². The number of aliphatic hydroxyl groups is 1. The second-order valence-corrected chi connectivity index (χ2v) is 4.21. The van der Waals surface area contributed by atoms with Gasteiger partial charge in [-0.25, -0.2) is 4.79 Å². The molecule has 1 aromatic rings. The highest BCUT2D eigenvalue weighted by atomic mass is 79.9. The predicted octanol–water partition coefficient (Wildman–Crippen LogP) is -0.666. The molecule has 0 aliphatic carbocycles. The lowest BCUT2D eigenvalue weighted by Gasteiger charge is -2.11. The van der Waals surface area contributed by atoms with Crippen LogP contribution in [-0.4, -0.2) is 47.2 Å². The van der Waals surface area contributed by atoms with Crippen LogP contribution in [0.15, 0.2) is 21.2 Å². The zero-order valence-corrected chi connectivity index (χ0v) is 11.1. The SMILES string of the molecule is O=C(CNC(=O)c1ccc(Br)o1)N[C@H](CO)C(=O)O. The average molecular weight is 335 g/mol. The summed E-state index contributed by atoms with van der Waals surface area (Å²) in [5.74, 6) is -2.70. The van der Waals surface area contributed by atoms with Crippen molar-refractivity contribution in [2.24, 2.45) is 0 Å². The minimum atomic E-state index is -1.40. The van der Waals surface area contributed by atoms with Gasteiger partial charge in [-0.3, -0.25) is 9.59 Å². The monoisotopic (exact) mass is 334 g/mol. The summed E-state index contributed by atoms with van der Waals surface area (Å²) in [4.78, 5) is 33.3. The van der Waals surface area contributed by atoms with E-state index < -0.39 is 37.0 Å². The summed E-state index contributed by atoms with van der Waals surface area (Å²) in [5.41, 5.74) is 0. The van der Waals surface area contributed by atoms with Gasteiger partial charge in [-0.15, -0.1) is 0 Å². The number of aliphatic hydroxyl groups excluding tert-OH is 1. The highest BCUT2D eigenvalue weighted by molar-refractivity contribution is 9.10. The molecular weight excluding hydrogens is 324 g/mol. The number of aliphatic carboxylic acids is 1. The van der Waals surface area contributed by atoms with Crippen molar-refractivity contribution in [2.75, 3.05) is 13.2 Å². The van der Waals surface area contributed by atoms with Gasteiger partial charge in [-0.05, 0) is 28.1 Å². The normalized spacial score (nSPS) is 11.7. The van der Waals surface area contributed by atoms with Gasteiger partial charge in [-0.2, -0.15) is 0 Å². The maximum Gasteiger partial charge on any atom is 0.328 e. The molecule has 0 bridgehead atoms. The Morgan fingerprint density at radius 3 is 2.53 bits per heavy atom. The molecule has 0 saturated carbocycles. The van der Waals surface area contributed by atoms with E-state index in [1.165, 1.54) is 12.1 Å². The molecule has 8 nitrogen and oxygen atoms in total. The van der Waals surface area contributed by atoms with Crippen LogP contribution >= 0.6 is 15.9 Å². The first kappa shape index (κ1) is 15.2. The van der Waals surface area contributed by atoms with E-state index in [1.54, 1.807) is 0 Å². The summed E-state index contributed by atoms with van der Waals surface area (Å²) >= 11 is 3.02. The average Bonchev–Trinajstić information content (AvgIpc) is 2.79. The van der Waals surface area contributed by atoms with E-state index in [0.29, 0.717) is 4.67 Å². The van der Waals surface area contributed by atoms with E-state index in [9.17, 15) is 14.4 Å². The van der Waals surface area contributed by atoms with Crippen molar-refractivity contribution in [1.82, 2.24) is 10.6 Å². The summed E-state index contributed by atoms with van der Waals surface area (Å²) < 4.78 is 5.33. The third-order valence-corrected chi connectivity index (χ3v) is 2.45. The molecule has 0 fully saturated rings. The molecule has 4 N–H and O–H groups in total. The fraction of sp³-hybridized carbons (Fsp3) is 0.300. The van der Waals surface area contributed by atoms with E-state index in [4.69, 9.17) is 14.6 Å². The number of carboxylic acids is 1. The van der Waals surface area contributed by atoms with Crippen molar-refractivity contribution in [2.45, 2.75) is 6.04 Å². The molecule has 1 aromatic heterocycles. The summed E-state index contributed by atoms with van der Waals surface area (Å²) in [6, 6.07) is 1.52. The van der Waals surface area contributed by atoms with Crippen LogP contribution < -0.4 is 10.6 Å². The van der Waals surface area contributed by atoms with Crippen molar-refractivity contribution in [1.29, 1.82) is 0 Å². The number of hydrogen-bond acceptors (Lipinski definition) is 5. The number of rotatable bonds is 6. The number of carboxylic acid groups (broad SMARTS) is 1. The van der Waals surface area contributed by atoms with Gasteiger partial charge in [0.2, 0.25) is 5.91 Å². The molecule has 19 heavy (non-hydrogen) atoms. The predicted molar refractivity (Wildman–Crippen MR) is 65.4 cm³/mol. The van der Waals surface area contributed by atoms with E-state index in [2.05, 4.69) is 21.2 Å². The molecule has 2 amide bonds. The molecule has 0 unspecified atom stereocenters. The summed E-state index contributed by atoms with van der Waals surface area (Å²) in [5, 5.41) is 21.6. The quantitative estimate of drug-likeness (QED) is 0.546. The molecule has 1 rings (SSSR count). The number of amides is 2. The van der Waals surface area contributed by atoms with E-state index >= 15 is 0 Å². The van der Waals surface area contributed by atoms with Crippen molar-refractivity contribution in [3.8, 4) is 0 Å². The van der Waals surface area contributed by atoms with Gasteiger partial charge < -0.3 is 25.3 Å². The van der Waals surface area contributed by atoms with Crippen LogP contribution in [0.5, 0.6) is 0 Å². The minimum Gasteiger partial charge on any atom is -0.480 e. The Bertz CT molecular complexity index is 486. The maximum absolute atomic E-state index is 11.5. The Balaban J connectivity index is 2.42. The molecule has 0 spiro atoms. The molecular formula is C10H11BrN2O6. The first-order valence-corrected chi connectivity index (χ1v) is 5.90. The third-order valence-electron chi connectivity index (χ3n) is 2.02. The number of furan rings is 1. The molecule has 0 radical (unpaired) electrons. The van der Waals surface area contributed by atoms with E-state index in [-0.39, 0.29) is 5.76 Å². The van der Waals surface area contributed by atoms with Crippen molar-refractivity contribution in [3.05, 3.63) is 22.6 Å². The first-order valence-electron chi connectivity index (χ1n) is 5.10. The molecule has 0 aliphatic heterocycles. The number of carbonyl (C=O) groups excluding carboxylic acids is 2. The van der Waals surface area contributed by atoms with Crippen LogP contribution in [0.25, 0.3) is 0 Å². The number of nitrogens with one attached hydrogen (secondary N) is 2. The fourth-order valence-corrected chi connectivity index (χ4v) is 1.42. The van der Waals surface area contributed by atoms with Gasteiger partial charge in [0, 0.05) is 0 Å². The molecule has 0 aromatic carbocycles. The Morgan fingerprint density at radius 1 is 1.37 bits per heavy atom. The molecule has 1 atom stereocenters. The molecule has 1 heterocycles. The number of halogens is 1. The zero-order valence-electron chi connectivity index (χ0n) is 9.55. The summed E-state index contributed by atoms with van der Waals surface area (Å²) in [7, 11) is 0. The lowest BCUT2D eigenvalue weighted by Crippen LogP contribution is -2.47. The molecule has 104 valence electrons. The van der Waals surface area contributed by atoms with Gasteiger partial charge >= 0.3 is 5.97 Å². The van der Waals surface area contributed by atoms with Gasteiger partial charge in [-0.1, -0.05) is 0 Å². The number of hydrogen-bond donors (Lipinski definition) is 4. The standard InChI is InChI=1S/C10H11BrN2O6/c11-7-2-1-6(19-7)9(16)12-3-8(15)13-5(4-14)10(17)18/h1-2,5,14H,3-4H2,(H,12,16)(H,13,15)(H,17,18)/t5-/m1/s1. The Labute approximate surface area is 115 Å². The zero-order chi connectivity index (χ0) is 14.4. The van der Waals surface area contributed by atoms with Crippen LogP contribution in [0.2, 0.25) is 0 Å². The van der Waals surface area contributed by atoms with E-state index in [0.717, 1.165) is 0 Å². The molecule has 9 heteroatoms. The Morgan fingerprint density at radius 2 is 2.05 bits per heavy atom. The molecule has 0 saturated heterocycles. The first-order chi connectivity index (χ1) is 8.93. The number of carbonyl (C=O) groups is 3. The minimum absolute atomic E-state index is 0.0108. The molecule has 0 aliphatic rings. The van der Waals surface area contributed by atoms with Crippen LogP contribution in [0, 0.1) is 0 Å².